The average molecular weight is 442 g/mol. The van der Waals surface area contributed by atoms with Gasteiger partial charge in [-0.25, -0.2) is 9.97 Å². The Labute approximate surface area is 188 Å². The van der Waals surface area contributed by atoms with Crippen LogP contribution in [-0.2, 0) is 10.2 Å². The van der Waals surface area contributed by atoms with Crippen molar-refractivity contribution in [3.05, 3.63) is 41.6 Å². The Morgan fingerprint density at radius 1 is 1.19 bits per heavy atom. The Morgan fingerprint density at radius 2 is 2.00 bits per heavy atom. The smallest absolute Gasteiger partial charge is 0.265 e. The summed E-state index contributed by atoms with van der Waals surface area (Å²) in [7, 11) is 0. The van der Waals surface area contributed by atoms with Crippen LogP contribution in [0.25, 0.3) is 0 Å². The number of nitrogens with one attached hydrogen (secondary N) is 2. The molecule has 1 atom stereocenters. The molecule has 4 rings (SSSR count). The van der Waals surface area contributed by atoms with E-state index in [2.05, 4.69) is 54.5 Å². The maximum atomic E-state index is 13.2. The van der Waals surface area contributed by atoms with Crippen molar-refractivity contribution < 1.29 is 9.53 Å². The van der Waals surface area contributed by atoms with Gasteiger partial charge in [-0.1, -0.05) is 26.8 Å². The summed E-state index contributed by atoms with van der Waals surface area (Å²) < 4.78 is 9.14. The Hall–Kier alpha value is -2.32. The molecule has 2 aromatic heterocycles. The number of amides is 1. The quantitative estimate of drug-likeness (QED) is 0.598. The molecular weight excluding hydrogens is 410 g/mol. The Morgan fingerprint density at radius 3 is 2.77 bits per heavy atom. The van der Waals surface area contributed by atoms with Gasteiger partial charge in [0.15, 0.2) is 0 Å². The third-order valence-corrected chi connectivity index (χ3v) is 6.45. The van der Waals surface area contributed by atoms with Crippen molar-refractivity contribution in [2.75, 3.05) is 29.9 Å². The third kappa shape index (κ3) is 4.80. The van der Waals surface area contributed by atoms with Crippen LogP contribution in [0.2, 0.25) is 0 Å². The van der Waals surface area contributed by atoms with Crippen molar-refractivity contribution >= 4 is 29.5 Å². The van der Waals surface area contributed by atoms with E-state index in [1.807, 2.05) is 30.3 Å². The molecule has 166 valence electrons. The molecule has 2 N–H and O–H groups in total. The van der Waals surface area contributed by atoms with Gasteiger partial charge in [-0.3, -0.25) is 9.52 Å². The predicted octanol–water partition coefficient (Wildman–Crippen LogP) is 4.01. The summed E-state index contributed by atoms with van der Waals surface area (Å²) in [4.78, 5) is 25.0. The van der Waals surface area contributed by atoms with Gasteiger partial charge in [0.2, 0.25) is 0 Å². The molecule has 7 nitrogen and oxygen atoms in total. The SMILES string of the molecule is CC(C)(C)c1ccc2c(n1)N1CC(CC1(C)C)OCCNc1cccc(n1)SNC2=O. The summed E-state index contributed by atoms with van der Waals surface area (Å²) in [6.45, 7) is 12.8. The van der Waals surface area contributed by atoms with Gasteiger partial charge < -0.3 is 15.0 Å². The molecule has 2 aliphatic heterocycles. The number of carbonyl (C=O) groups is 1. The first-order valence-electron chi connectivity index (χ1n) is 10.7. The van der Waals surface area contributed by atoms with E-state index in [-0.39, 0.29) is 23.0 Å². The molecule has 1 amide bonds. The molecule has 2 aromatic rings. The molecule has 2 aliphatic rings. The molecule has 0 radical (unpaired) electrons. The van der Waals surface area contributed by atoms with E-state index in [4.69, 9.17) is 9.72 Å². The standard InChI is InChI=1S/C23H31N5O2S/c1-22(2,3)17-10-9-16-20(25-17)28-14-15(13-23(28,4)5)30-12-11-24-18-7-6-8-19(26-18)31-27-21(16)29/h6-10,15H,11-14H2,1-5H3,(H,24,26)(H,27,29). The second-order valence-corrected chi connectivity index (χ2v) is 10.6. The van der Waals surface area contributed by atoms with Crippen LogP contribution in [0, 0.1) is 0 Å². The minimum Gasteiger partial charge on any atom is -0.374 e. The molecule has 1 fully saturated rings. The van der Waals surface area contributed by atoms with Crippen LogP contribution in [0.3, 0.4) is 0 Å². The van der Waals surface area contributed by atoms with E-state index in [9.17, 15) is 4.79 Å². The number of anilines is 2. The van der Waals surface area contributed by atoms with E-state index in [0.717, 1.165) is 28.8 Å². The molecule has 0 aromatic carbocycles. The lowest BCUT2D eigenvalue weighted by Crippen LogP contribution is -2.40. The summed E-state index contributed by atoms with van der Waals surface area (Å²) >= 11 is 1.21. The molecule has 4 heterocycles. The van der Waals surface area contributed by atoms with Gasteiger partial charge >= 0.3 is 0 Å². The maximum absolute atomic E-state index is 13.2. The zero-order valence-electron chi connectivity index (χ0n) is 18.9. The highest BCUT2D eigenvalue weighted by molar-refractivity contribution is 7.97. The third-order valence-electron chi connectivity index (χ3n) is 5.72. The van der Waals surface area contributed by atoms with Crippen LogP contribution in [0.15, 0.2) is 35.4 Å². The first kappa shape index (κ1) is 21.9. The zero-order valence-corrected chi connectivity index (χ0v) is 19.7. The molecular formula is C23H31N5O2S. The number of carbonyl (C=O) groups excluding carboxylic acids is 1. The topological polar surface area (TPSA) is 79.4 Å². The van der Waals surface area contributed by atoms with E-state index >= 15 is 0 Å². The van der Waals surface area contributed by atoms with Crippen LogP contribution in [-0.4, -0.2) is 47.2 Å². The summed E-state index contributed by atoms with van der Waals surface area (Å²) in [5.41, 5.74) is 1.24. The molecule has 4 bridgehead atoms. The maximum Gasteiger partial charge on any atom is 0.265 e. The second-order valence-electron chi connectivity index (χ2n) is 9.76. The summed E-state index contributed by atoms with van der Waals surface area (Å²) in [5.74, 6) is 1.31. The van der Waals surface area contributed by atoms with Gasteiger partial charge in [0.25, 0.3) is 5.91 Å². The minimum absolute atomic E-state index is 0.0756. The van der Waals surface area contributed by atoms with Crippen molar-refractivity contribution in [2.45, 2.75) is 63.1 Å². The number of hydrogen-bond acceptors (Lipinski definition) is 7. The second kappa shape index (κ2) is 8.31. The van der Waals surface area contributed by atoms with Crippen LogP contribution in [0.1, 0.15) is 57.1 Å². The number of hydrogen-bond donors (Lipinski definition) is 2. The lowest BCUT2D eigenvalue weighted by atomic mass is 9.91. The van der Waals surface area contributed by atoms with Gasteiger partial charge in [0.05, 0.1) is 18.3 Å². The Kier molecular flexibility index (Phi) is 5.87. The number of aromatic nitrogens is 2. The van der Waals surface area contributed by atoms with Crippen LogP contribution in [0.4, 0.5) is 11.6 Å². The molecule has 0 saturated carbocycles. The van der Waals surface area contributed by atoms with E-state index in [1.54, 1.807) is 0 Å². The fourth-order valence-electron chi connectivity index (χ4n) is 4.04. The zero-order chi connectivity index (χ0) is 22.2. The fraction of sp³-hybridized carbons (Fsp3) is 0.522. The van der Waals surface area contributed by atoms with E-state index in [1.165, 1.54) is 11.9 Å². The first-order valence-corrected chi connectivity index (χ1v) is 11.5. The number of pyridine rings is 2. The highest BCUT2D eigenvalue weighted by Gasteiger charge is 2.41. The lowest BCUT2D eigenvalue weighted by molar-refractivity contribution is 0.0710. The molecule has 1 unspecified atom stereocenters. The molecule has 8 heteroatoms. The van der Waals surface area contributed by atoms with Crippen molar-refractivity contribution in [3.63, 3.8) is 0 Å². The van der Waals surface area contributed by atoms with E-state index < -0.39 is 0 Å². The van der Waals surface area contributed by atoms with Crippen molar-refractivity contribution in [1.82, 2.24) is 14.7 Å². The average Bonchev–Trinajstić information content (AvgIpc) is 3.02. The van der Waals surface area contributed by atoms with Crippen LogP contribution < -0.4 is 14.9 Å². The number of rotatable bonds is 0. The normalized spacial score (nSPS) is 21.4. The largest absolute Gasteiger partial charge is 0.374 e. The van der Waals surface area contributed by atoms with Gasteiger partial charge in [-0.15, -0.1) is 0 Å². The van der Waals surface area contributed by atoms with Crippen molar-refractivity contribution in [3.8, 4) is 0 Å². The van der Waals surface area contributed by atoms with Crippen molar-refractivity contribution in [1.29, 1.82) is 0 Å². The fourth-order valence-corrected chi connectivity index (χ4v) is 4.64. The monoisotopic (exact) mass is 441 g/mol. The Bertz CT molecular complexity index is 973. The van der Waals surface area contributed by atoms with E-state index in [0.29, 0.717) is 25.3 Å². The number of nitrogens with zero attached hydrogens (tertiary/aromatic N) is 3. The molecule has 0 aliphatic carbocycles. The van der Waals surface area contributed by atoms with Gasteiger partial charge in [0, 0.05) is 41.7 Å². The highest BCUT2D eigenvalue weighted by atomic mass is 32.2. The molecule has 31 heavy (non-hydrogen) atoms. The molecule has 0 spiro atoms. The highest BCUT2D eigenvalue weighted by Crippen LogP contribution is 2.37. The number of ether oxygens (including phenoxy) is 1. The van der Waals surface area contributed by atoms with Crippen molar-refractivity contribution in [2.24, 2.45) is 0 Å². The van der Waals surface area contributed by atoms with Gasteiger partial charge in [-0.05, 0) is 44.5 Å². The molecule has 1 saturated heterocycles. The Balaban J connectivity index is 1.75. The van der Waals surface area contributed by atoms with Crippen LogP contribution in [0.5, 0.6) is 0 Å². The summed E-state index contributed by atoms with van der Waals surface area (Å²) in [6.07, 6.45) is 0.949. The minimum atomic E-state index is -0.178. The van der Waals surface area contributed by atoms with Gasteiger partial charge in [-0.2, -0.15) is 0 Å². The summed E-state index contributed by atoms with van der Waals surface area (Å²) in [5, 5.41) is 4.02. The number of fused-ring (bicyclic) bond motifs is 6. The lowest BCUT2D eigenvalue weighted by Gasteiger charge is -2.34. The van der Waals surface area contributed by atoms with Crippen LogP contribution >= 0.6 is 11.9 Å². The predicted molar refractivity (Wildman–Crippen MR) is 125 cm³/mol. The first-order chi connectivity index (χ1) is 14.6. The van der Waals surface area contributed by atoms with Gasteiger partial charge in [0.1, 0.15) is 16.7 Å². The summed E-state index contributed by atoms with van der Waals surface area (Å²) in [6, 6.07) is 9.56.